The Morgan fingerprint density at radius 2 is 2.09 bits per heavy atom. The van der Waals surface area contributed by atoms with E-state index in [9.17, 15) is 4.79 Å². The normalized spacial score (nSPS) is 25.6. The van der Waals surface area contributed by atoms with Crippen LogP contribution in [0.25, 0.3) is 11.2 Å². The second-order valence-corrected chi connectivity index (χ2v) is 5.74. The van der Waals surface area contributed by atoms with Crippen molar-refractivity contribution in [1.82, 2.24) is 19.1 Å². The van der Waals surface area contributed by atoms with E-state index in [1.54, 1.807) is 18.7 Å². The molecule has 7 nitrogen and oxygen atoms in total. The number of aromatic nitrogens is 4. The van der Waals surface area contributed by atoms with Crippen LogP contribution in [0.15, 0.2) is 4.79 Å². The van der Waals surface area contributed by atoms with Crippen LogP contribution in [0.3, 0.4) is 0 Å². The summed E-state index contributed by atoms with van der Waals surface area (Å²) in [6, 6.07) is 0. The van der Waals surface area contributed by atoms with Gasteiger partial charge in [0.25, 0.3) is 0 Å². The van der Waals surface area contributed by atoms with Gasteiger partial charge in [0.15, 0.2) is 11.5 Å². The van der Waals surface area contributed by atoms with E-state index in [4.69, 9.17) is 4.74 Å². The van der Waals surface area contributed by atoms with Gasteiger partial charge in [0.05, 0.1) is 18.8 Å². The quantitative estimate of drug-likeness (QED) is 0.904. The van der Waals surface area contributed by atoms with Gasteiger partial charge in [-0.05, 0) is 13.3 Å². The summed E-state index contributed by atoms with van der Waals surface area (Å²) in [5.41, 5.74) is 1.25. The van der Waals surface area contributed by atoms with Crippen molar-refractivity contribution in [2.75, 3.05) is 25.6 Å². The second kappa shape index (κ2) is 5.08. The maximum Gasteiger partial charge on any atom is 0.330 e. The minimum Gasteiger partial charge on any atom is -0.379 e. The van der Waals surface area contributed by atoms with Crippen LogP contribution in [-0.2, 0) is 17.3 Å². The number of fused-ring (bicyclic) bond motifs is 2. The highest BCUT2D eigenvalue weighted by Crippen LogP contribution is 2.54. The van der Waals surface area contributed by atoms with Crippen LogP contribution in [0.1, 0.15) is 26.1 Å². The molecule has 1 aliphatic heterocycles. The van der Waals surface area contributed by atoms with E-state index in [1.807, 2.05) is 25.3 Å². The molecule has 2 aromatic rings. The summed E-state index contributed by atoms with van der Waals surface area (Å²) >= 11 is 0. The van der Waals surface area contributed by atoms with Crippen molar-refractivity contribution in [3.05, 3.63) is 16.3 Å². The molecular formula is C15H23N5O2. The first kappa shape index (κ1) is 15.0. The molecule has 4 rings (SSSR count). The lowest BCUT2D eigenvalue weighted by Crippen LogP contribution is -2.33. The van der Waals surface area contributed by atoms with E-state index in [0.717, 1.165) is 18.5 Å². The van der Waals surface area contributed by atoms with E-state index >= 15 is 0 Å². The van der Waals surface area contributed by atoms with Crippen molar-refractivity contribution in [3.8, 4) is 0 Å². The van der Waals surface area contributed by atoms with Gasteiger partial charge in [-0.15, -0.1) is 0 Å². The molecule has 1 aliphatic carbocycles. The van der Waals surface area contributed by atoms with Crippen molar-refractivity contribution in [1.29, 1.82) is 0 Å². The van der Waals surface area contributed by atoms with Gasteiger partial charge in [-0.1, -0.05) is 13.8 Å². The van der Waals surface area contributed by atoms with Crippen molar-refractivity contribution >= 4 is 17.0 Å². The Morgan fingerprint density at radius 3 is 2.64 bits per heavy atom. The highest BCUT2D eigenvalue weighted by atomic mass is 16.5. The number of nitrogens with one attached hydrogen (secondary N) is 1. The molecule has 2 unspecified atom stereocenters. The predicted octanol–water partition coefficient (Wildman–Crippen LogP) is 1.25. The minimum atomic E-state index is -0.178. The molecule has 1 N–H and O–H groups in total. The molecule has 0 bridgehead atoms. The molecule has 2 atom stereocenters. The Labute approximate surface area is 129 Å². The van der Waals surface area contributed by atoms with Crippen LogP contribution in [0, 0.1) is 12.8 Å². The topological polar surface area (TPSA) is 74.0 Å². The molecule has 2 fully saturated rings. The number of nitrogens with zero attached hydrogens (tertiary/aromatic N) is 4. The van der Waals surface area contributed by atoms with Crippen LogP contribution in [0.4, 0.5) is 5.82 Å². The minimum absolute atomic E-state index is 0.0376. The zero-order valence-electron chi connectivity index (χ0n) is 13.8. The van der Waals surface area contributed by atoms with Gasteiger partial charge in [0.2, 0.25) is 0 Å². The number of ether oxygens (including phenoxy) is 1. The van der Waals surface area contributed by atoms with Crippen molar-refractivity contribution in [2.24, 2.45) is 13.0 Å². The third kappa shape index (κ3) is 1.81. The summed E-state index contributed by atoms with van der Waals surface area (Å²) in [7, 11) is 3.57. The van der Waals surface area contributed by atoms with Gasteiger partial charge in [0, 0.05) is 20.0 Å². The maximum absolute atomic E-state index is 12.7. The Balaban J connectivity index is 0.000000693. The summed E-state index contributed by atoms with van der Waals surface area (Å²) in [6.07, 6.45) is 1.00. The van der Waals surface area contributed by atoms with Crippen LogP contribution in [0.5, 0.6) is 0 Å². The summed E-state index contributed by atoms with van der Waals surface area (Å²) in [5, 5.41) is 3.05. The van der Waals surface area contributed by atoms with Crippen LogP contribution in [0.2, 0.25) is 0 Å². The molecule has 1 saturated heterocycles. The van der Waals surface area contributed by atoms with Crippen molar-refractivity contribution in [2.45, 2.75) is 32.7 Å². The molecule has 1 saturated carbocycles. The standard InChI is InChI=1S/C13H17N5O2.C2H6/c1-7-15-10(14-2)9-11(16-7)18(12(19)17(9)3)13-4-8(13)5-20-6-13;1-2/h8H,4-6H2,1-3H3,(H,14,15,16);1-2H3. The van der Waals surface area contributed by atoms with Crippen LogP contribution < -0.4 is 11.0 Å². The van der Waals surface area contributed by atoms with E-state index < -0.39 is 0 Å². The van der Waals surface area contributed by atoms with E-state index in [0.29, 0.717) is 29.8 Å². The lowest BCUT2D eigenvalue weighted by atomic mass is 10.2. The van der Waals surface area contributed by atoms with Gasteiger partial charge >= 0.3 is 5.69 Å². The first-order valence-electron chi connectivity index (χ1n) is 7.80. The van der Waals surface area contributed by atoms with Crippen molar-refractivity contribution in [3.63, 3.8) is 0 Å². The number of anilines is 1. The first-order valence-corrected chi connectivity index (χ1v) is 7.80. The summed E-state index contributed by atoms with van der Waals surface area (Å²) in [4.78, 5) is 21.6. The average molecular weight is 305 g/mol. The highest BCUT2D eigenvalue weighted by molar-refractivity contribution is 5.84. The fourth-order valence-electron chi connectivity index (χ4n) is 3.40. The van der Waals surface area contributed by atoms with Crippen LogP contribution in [-0.4, -0.2) is 39.4 Å². The molecule has 120 valence electrons. The number of aryl methyl sites for hydroxylation is 2. The molecule has 0 aromatic carbocycles. The SMILES string of the molecule is CC.CNc1nc(C)nc2c1n(C)c(=O)n2C12COCC1C2. The zero-order valence-corrected chi connectivity index (χ0v) is 13.8. The number of imidazole rings is 1. The van der Waals surface area contributed by atoms with Gasteiger partial charge in [-0.2, -0.15) is 0 Å². The monoisotopic (exact) mass is 305 g/mol. The molecule has 0 radical (unpaired) electrons. The Morgan fingerprint density at radius 1 is 1.36 bits per heavy atom. The number of hydrogen-bond acceptors (Lipinski definition) is 5. The molecule has 0 spiro atoms. The Hall–Kier alpha value is -1.89. The molecule has 22 heavy (non-hydrogen) atoms. The summed E-state index contributed by atoms with van der Waals surface area (Å²) in [5.74, 6) is 1.80. The highest BCUT2D eigenvalue weighted by Gasteiger charge is 2.61. The molecular weight excluding hydrogens is 282 g/mol. The van der Waals surface area contributed by atoms with E-state index in [-0.39, 0.29) is 11.2 Å². The Bertz CT molecular complexity index is 778. The number of hydrogen-bond donors (Lipinski definition) is 1. The van der Waals surface area contributed by atoms with Gasteiger partial charge in [-0.25, -0.2) is 14.8 Å². The largest absolute Gasteiger partial charge is 0.379 e. The van der Waals surface area contributed by atoms with E-state index in [2.05, 4.69) is 15.3 Å². The third-order valence-electron chi connectivity index (χ3n) is 4.56. The maximum atomic E-state index is 12.7. The van der Waals surface area contributed by atoms with Crippen molar-refractivity contribution < 1.29 is 4.74 Å². The fourth-order valence-corrected chi connectivity index (χ4v) is 3.40. The van der Waals surface area contributed by atoms with Gasteiger partial charge < -0.3 is 10.1 Å². The fraction of sp³-hybridized carbons (Fsp3) is 0.667. The van der Waals surface area contributed by atoms with Gasteiger partial charge in [-0.3, -0.25) is 9.13 Å². The predicted molar refractivity (Wildman–Crippen MR) is 85.3 cm³/mol. The Kier molecular flexibility index (Phi) is 3.47. The van der Waals surface area contributed by atoms with E-state index in [1.165, 1.54) is 0 Å². The first-order chi connectivity index (χ1) is 10.6. The lowest BCUT2D eigenvalue weighted by molar-refractivity contribution is 0.148. The smallest absolute Gasteiger partial charge is 0.330 e. The summed E-state index contributed by atoms with van der Waals surface area (Å²) in [6.45, 7) is 7.19. The van der Waals surface area contributed by atoms with Gasteiger partial charge in [0.1, 0.15) is 11.3 Å². The average Bonchev–Trinajstić information content (AvgIpc) is 2.97. The third-order valence-corrected chi connectivity index (χ3v) is 4.56. The molecule has 3 heterocycles. The van der Waals surface area contributed by atoms with Crippen LogP contribution >= 0.6 is 0 Å². The molecule has 2 aromatic heterocycles. The second-order valence-electron chi connectivity index (χ2n) is 5.74. The molecule has 2 aliphatic rings. The molecule has 7 heteroatoms. The lowest BCUT2D eigenvalue weighted by Gasteiger charge is -2.13. The summed E-state index contributed by atoms with van der Waals surface area (Å²) < 4.78 is 8.99. The molecule has 0 amide bonds. The zero-order chi connectivity index (χ0) is 16.1. The number of rotatable bonds is 2.